The number of ether oxygens (including phenoxy) is 2. The highest BCUT2D eigenvalue weighted by molar-refractivity contribution is 5.40. The van der Waals surface area contributed by atoms with Gasteiger partial charge in [0, 0.05) is 38.6 Å². The summed E-state index contributed by atoms with van der Waals surface area (Å²) in [5.74, 6) is 0. The fraction of sp³-hybridized carbons (Fsp3) is 0.550. The predicted molar refractivity (Wildman–Crippen MR) is 96.8 cm³/mol. The van der Waals surface area contributed by atoms with Gasteiger partial charge in [0.05, 0.1) is 24.5 Å². The number of nitrogens with zero attached hydrogens (tertiary/aromatic N) is 3. The van der Waals surface area contributed by atoms with Crippen molar-refractivity contribution in [1.82, 2.24) is 14.7 Å². The molecule has 0 saturated carbocycles. The van der Waals surface area contributed by atoms with Crippen LogP contribution < -0.4 is 0 Å². The van der Waals surface area contributed by atoms with E-state index in [1.165, 1.54) is 17.7 Å². The molecule has 0 unspecified atom stereocenters. The summed E-state index contributed by atoms with van der Waals surface area (Å²) in [6, 6.07) is 10.5. The van der Waals surface area contributed by atoms with Gasteiger partial charge in [-0.1, -0.05) is 18.2 Å². The van der Waals surface area contributed by atoms with Gasteiger partial charge < -0.3 is 9.47 Å². The van der Waals surface area contributed by atoms with Crippen LogP contribution in [0.5, 0.6) is 0 Å². The van der Waals surface area contributed by atoms with Crippen molar-refractivity contribution < 1.29 is 9.47 Å². The molecule has 2 fully saturated rings. The minimum Gasteiger partial charge on any atom is -0.376 e. The van der Waals surface area contributed by atoms with Crippen molar-refractivity contribution in [3.63, 3.8) is 0 Å². The fourth-order valence-corrected chi connectivity index (χ4v) is 3.77. The molecule has 0 aliphatic carbocycles. The van der Waals surface area contributed by atoms with Crippen LogP contribution in [-0.4, -0.2) is 53.2 Å². The maximum atomic E-state index is 6.08. The zero-order valence-electron chi connectivity index (χ0n) is 14.7. The van der Waals surface area contributed by atoms with Gasteiger partial charge in [0.1, 0.15) is 0 Å². The number of hydrogen-bond donors (Lipinski definition) is 0. The highest BCUT2D eigenvalue weighted by Crippen LogP contribution is 2.21. The Balaban J connectivity index is 1.29. The van der Waals surface area contributed by atoms with Crippen LogP contribution in [0.15, 0.2) is 42.7 Å². The van der Waals surface area contributed by atoms with Crippen LogP contribution in [0, 0.1) is 0 Å². The second-order valence-corrected chi connectivity index (χ2v) is 7.02. The standard InChI is InChI=1S/C20H27N3O2/c1-2-7-20(23-11-4-10-21-23)17(5-1)15-22-12-8-18(9-13-22)25-16-19-6-3-14-24-19/h1-2,4-5,7,10-11,18-19H,3,6,8-9,12-16H2/t19-/m1/s1. The molecule has 2 saturated heterocycles. The summed E-state index contributed by atoms with van der Waals surface area (Å²) >= 11 is 0. The van der Waals surface area contributed by atoms with Gasteiger partial charge in [-0.15, -0.1) is 0 Å². The third-order valence-electron chi connectivity index (χ3n) is 5.21. The summed E-state index contributed by atoms with van der Waals surface area (Å²) in [6.07, 6.45) is 9.11. The molecule has 3 heterocycles. The Hall–Kier alpha value is -1.69. The molecule has 2 aliphatic rings. The molecule has 0 N–H and O–H groups in total. The summed E-state index contributed by atoms with van der Waals surface area (Å²) in [4.78, 5) is 2.52. The molecule has 1 atom stereocenters. The van der Waals surface area contributed by atoms with Gasteiger partial charge in [-0.3, -0.25) is 4.90 Å². The van der Waals surface area contributed by atoms with Crippen molar-refractivity contribution in [1.29, 1.82) is 0 Å². The summed E-state index contributed by atoms with van der Waals surface area (Å²) in [6.45, 7) is 4.82. The monoisotopic (exact) mass is 341 g/mol. The highest BCUT2D eigenvalue weighted by atomic mass is 16.5. The Labute approximate surface area is 149 Å². The summed E-state index contributed by atoms with van der Waals surface area (Å²) in [5, 5.41) is 4.38. The normalized spacial score (nSPS) is 22.5. The molecule has 5 nitrogen and oxygen atoms in total. The van der Waals surface area contributed by atoms with Crippen LogP contribution in [0.4, 0.5) is 0 Å². The average molecular weight is 341 g/mol. The molecule has 25 heavy (non-hydrogen) atoms. The molecule has 1 aromatic heterocycles. The van der Waals surface area contributed by atoms with E-state index in [2.05, 4.69) is 34.3 Å². The average Bonchev–Trinajstić information content (AvgIpc) is 3.36. The number of likely N-dealkylation sites (tertiary alicyclic amines) is 1. The molecule has 5 heteroatoms. The van der Waals surface area contributed by atoms with Gasteiger partial charge >= 0.3 is 0 Å². The van der Waals surface area contributed by atoms with E-state index in [0.717, 1.165) is 52.1 Å². The van der Waals surface area contributed by atoms with Crippen LogP contribution in [-0.2, 0) is 16.0 Å². The van der Waals surface area contributed by atoms with E-state index in [9.17, 15) is 0 Å². The van der Waals surface area contributed by atoms with Gasteiger partial charge in [-0.05, 0) is 43.4 Å². The van der Waals surface area contributed by atoms with Crippen molar-refractivity contribution >= 4 is 0 Å². The lowest BCUT2D eigenvalue weighted by atomic mass is 10.1. The lowest BCUT2D eigenvalue weighted by Crippen LogP contribution is -2.37. The smallest absolute Gasteiger partial charge is 0.0809 e. The Morgan fingerprint density at radius 2 is 2.00 bits per heavy atom. The van der Waals surface area contributed by atoms with Gasteiger partial charge in [-0.2, -0.15) is 5.10 Å². The number of rotatable bonds is 6. The number of benzene rings is 1. The molecule has 1 aromatic carbocycles. The topological polar surface area (TPSA) is 39.5 Å². The van der Waals surface area contributed by atoms with Crippen LogP contribution in [0.2, 0.25) is 0 Å². The first kappa shape index (κ1) is 16.8. The van der Waals surface area contributed by atoms with Crippen LogP contribution in [0.25, 0.3) is 5.69 Å². The quantitative estimate of drug-likeness (QED) is 0.810. The van der Waals surface area contributed by atoms with E-state index in [-0.39, 0.29) is 0 Å². The molecule has 0 radical (unpaired) electrons. The van der Waals surface area contributed by atoms with Gasteiger partial charge in [0.15, 0.2) is 0 Å². The molecule has 2 aliphatic heterocycles. The molecule has 2 aromatic rings. The molecular weight excluding hydrogens is 314 g/mol. The van der Waals surface area contributed by atoms with E-state index < -0.39 is 0 Å². The number of piperidine rings is 1. The van der Waals surface area contributed by atoms with E-state index in [0.29, 0.717) is 12.2 Å². The summed E-state index contributed by atoms with van der Waals surface area (Å²) < 4.78 is 13.7. The summed E-state index contributed by atoms with van der Waals surface area (Å²) in [7, 11) is 0. The van der Waals surface area contributed by atoms with Crippen LogP contribution >= 0.6 is 0 Å². The van der Waals surface area contributed by atoms with E-state index >= 15 is 0 Å². The van der Waals surface area contributed by atoms with Crippen molar-refractivity contribution in [2.24, 2.45) is 0 Å². The largest absolute Gasteiger partial charge is 0.376 e. The molecule has 0 bridgehead atoms. The number of aromatic nitrogens is 2. The summed E-state index contributed by atoms with van der Waals surface area (Å²) in [5.41, 5.74) is 2.49. The minimum absolute atomic E-state index is 0.332. The second kappa shape index (κ2) is 8.13. The highest BCUT2D eigenvalue weighted by Gasteiger charge is 2.23. The molecule has 0 amide bonds. The Morgan fingerprint density at radius 1 is 1.12 bits per heavy atom. The zero-order valence-corrected chi connectivity index (χ0v) is 14.7. The van der Waals surface area contributed by atoms with E-state index in [4.69, 9.17) is 9.47 Å². The lowest BCUT2D eigenvalue weighted by molar-refractivity contribution is -0.0426. The lowest BCUT2D eigenvalue weighted by Gasteiger charge is -2.32. The third kappa shape index (κ3) is 4.29. The van der Waals surface area contributed by atoms with Gasteiger partial charge in [-0.25, -0.2) is 4.68 Å². The van der Waals surface area contributed by atoms with Crippen molar-refractivity contribution in [3.05, 3.63) is 48.3 Å². The van der Waals surface area contributed by atoms with Crippen molar-refractivity contribution in [2.45, 2.75) is 44.4 Å². The van der Waals surface area contributed by atoms with Crippen molar-refractivity contribution in [2.75, 3.05) is 26.3 Å². The predicted octanol–water partition coefficient (Wildman–Crippen LogP) is 3.03. The minimum atomic E-state index is 0.332. The van der Waals surface area contributed by atoms with Gasteiger partial charge in [0.25, 0.3) is 0 Å². The fourth-order valence-electron chi connectivity index (χ4n) is 3.77. The van der Waals surface area contributed by atoms with Crippen LogP contribution in [0.3, 0.4) is 0 Å². The maximum absolute atomic E-state index is 6.08. The Morgan fingerprint density at radius 3 is 2.76 bits per heavy atom. The molecule has 134 valence electrons. The number of para-hydroxylation sites is 1. The van der Waals surface area contributed by atoms with Crippen molar-refractivity contribution in [3.8, 4) is 5.69 Å². The van der Waals surface area contributed by atoms with E-state index in [1.54, 1.807) is 0 Å². The molecule has 4 rings (SSSR count). The first-order valence-electron chi connectivity index (χ1n) is 9.42. The van der Waals surface area contributed by atoms with Crippen LogP contribution in [0.1, 0.15) is 31.2 Å². The Bertz CT molecular complexity index is 645. The molecule has 0 spiro atoms. The Kier molecular flexibility index (Phi) is 5.45. The second-order valence-electron chi connectivity index (χ2n) is 7.02. The zero-order chi connectivity index (χ0) is 16.9. The first-order chi connectivity index (χ1) is 12.4. The first-order valence-corrected chi connectivity index (χ1v) is 9.42. The molecular formula is C20H27N3O2. The third-order valence-corrected chi connectivity index (χ3v) is 5.21. The SMILES string of the molecule is c1ccc(-n2cccn2)c(CN2CCC(OC[C@H]3CCCO3)CC2)c1. The van der Waals surface area contributed by atoms with Gasteiger partial charge in [0.2, 0.25) is 0 Å². The van der Waals surface area contributed by atoms with E-state index in [1.807, 2.05) is 23.1 Å². The maximum Gasteiger partial charge on any atom is 0.0809 e. The number of hydrogen-bond acceptors (Lipinski definition) is 4.